The first kappa shape index (κ1) is 13.7. The van der Waals surface area contributed by atoms with Crippen LogP contribution in [0.5, 0.6) is 5.75 Å². The Hall–Kier alpha value is -1.31. The fraction of sp³-hybridized carbons (Fsp3) is 0.538. The SMILES string of the molecule is COc1cc(S(=O)(=O)N2CC3CCC(C2)O3)ccc1N. The first-order chi connectivity index (χ1) is 9.50. The van der Waals surface area contributed by atoms with Crippen molar-refractivity contribution in [1.29, 1.82) is 0 Å². The molecule has 2 fully saturated rings. The molecule has 1 aromatic rings. The number of benzene rings is 1. The normalized spacial score (nSPS) is 26.6. The van der Waals surface area contributed by atoms with Crippen LogP contribution in [0, 0.1) is 0 Å². The van der Waals surface area contributed by atoms with Crippen LogP contribution in [0.1, 0.15) is 12.8 Å². The van der Waals surface area contributed by atoms with Crippen LogP contribution in [-0.2, 0) is 14.8 Å². The molecule has 0 spiro atoms. The molecule has 20 heavy (non-hydrogen) atoms. The number of rotatable bonds is 3. The maximum absolute atomic E-state index is 12.7. The van der Waals surface area contributed by atoms with E-state index < -0.39 is 10.0 Å². The Labute approximate surface area is 118 Å². The van der Waals surface area contributed by atoms with E-state index in [9.17, 15) is 8.42 Å². The second kappa shape index (κ2) is 4.91. The van der Waals surface area contributed by atoms with E-state index in [2.05, 4.69) is 0 Å². The third-order valence-electron chi connectivity index (χ3n) is 3.85. The predicted molar refractivity (Wildman–Crippen MR) is 74.1 cm³/mol. The smallest absolute Gasteiger partial charge is 0.243 e. The van der Waals surface area contributed by atoms with Gasteiger partial charge < -0.3 is 15.2 Å². The summed E-state index contributed by atoms with van der Waals surface area (Å²) in [7, 11) is -2.05. The predicted octanol–water partition coefficient (Wildman–Crippen LogP) is 0.829. The summed E-state index contributed by atoms with van der Waals surface area (Å²) in [6.45, 7) is 0.844. The topological polar surface area (TPSA) is 81.9 Å². The van der Waals surface area contributed by atoms with E-state index in [0.717, 1.165) is 12.8 Å². The molecule has 2 heterocycles. The van der Waals surface area contributed by atoms with Crippen LogP contribution in [0.2, 0.25) is 0 Å². The zero-order valence-electron chi connectivity index (χ0n) is 11.3. The number of ether oxygens (including phenoxy) is 2. The van der Waals surface area contributed by atoms with Crippen LogP contribution in [0.25, 0.3) is 0 Å². The molecule has 6 nitrogen and oxygen atoms in total. The first-order valence-electron chi connectivity index (χ1n) is 6.60. The number of methoxy groups -OCH3 is 1. The van der Waals surface area contributed by atoms with Crippen molar-refractivity contribution in [3.05, 3.63) is 18.2 Å². The number of nitrogens with two attached hydrogens (primary N) is 1. The van der Waals surface area contributed by atoms with E-state index in [0.29, 0.717) is 24.5 Å². The Kier molecular flexibility index (Phi) is 3.35. The minimum Gasteiger partial charge on any atom is -0.495 e. The molecule has 2 unspecified atom stereocenters. The molecule has 0 amide bonds. The number of hydrogen-bond donors (Lipinski definition) is 1. The van der Waals surface area contributed by atoms with Crippen LogP contribution >= 0.6 is 0 Å². The molecule has 7 heteroatoms. The summed E-state index contributed by atoms with van der Waals surface area (Å²) in [5, 5.41) is 0. The van der Waals surface area contributed by atoms with E-state index in [4.69, 9.17) is 15.2 Å². The van der Waals surface area contributed by atoms with Crippen LogP contribution < -0.4 is 10.5 Å². The Bertz CT molecular complexity index is 605. The lowest BCUT2D eigenvalue weighted by Gasteiger charge is -2.31. The number of nitrogens with zero attached hydrogens (tertiary/aromatic N) is 1. The third-order valence-corrected chi connectivity index (χ3v) is 5.68. The van der Waals surface area contributed by atoms with Crippen molar-refractivity contribution < 1.29 is 17.9 Å². The molecule has 2 aliphatic heterocycles. The molecule has 0 saturated carbocycles. The average Bonchev–Trinajstić information content (AvgIpc) is 2.77. The summed E-state index contributed by atoms with van der Waals surface area (Å²) < 4.78 is 37.6. The van der Waals surface area contributed by atoms with Gasteiger partial charge in [-0.25, -0.2) is 8.42 Å². The summed E-state index contributed by atoms with van der Waals surface area (Å²) in [4.78, 5) is 0.213. The summed E-state index contributed by atoms with van der Waals surface area (Å²) in [6, 6.07) is 4.55. The van der Waals surface area contributed by atoms with Crippen molar-refractivity contribution in [2.24, 2.45) is 0 Å². The molecular formula is C13H18N2O4S. The summed E-state index contributed by atoms with van der Waals surface area (Å²) in [5.74, 6) is 0.377. The third kappa shape index (κ3) is 2.25. The van der Waals surface area contributed by atoms with E-state index in [1.54, 1.807) is 6.07 Å². The molecule has 2 bridgehead atoms. The van der Waals surface area contributed by atoms with Crippen molar-refractivity contribution in [1.82, 2.24) is 4.31 Å². The van der Waals surface area contributed by atoms with Gasteiger partial charge >= 0.3 is 0 Å². The highest BCUT2D eigenvalue weighted by Gasteiger charge is 2.39. The quantitative estimate of drug-likeness (QED) is 0.836. The zero-order valence-corrected chi connectivity index (χ0v) is 12.1. The lowest BCUT2D eigenvalue weighted by Crippen LogP contribution is -2.45. The van der Waals surface area contributed by atoms with E-state index in [1.807, 2.05) is 0 Å². The van der Waals surface area contributed by atoms with E-state index >= 15 is 0 Å². The standard InChI is InChI=1S/C13H18N2O4S/c1-18-13-6-11(4-5-12(13)14)20(16,17)15-7-9-2-3-10(8-15)19-9/h4-6,9-10H,2-3,7-8,14H2,1H3. The highest BCUT2D eigenvalue weighted by Crippen LogP contribution is 2.32. The monoisotopic (exact) mass is 298 g/mol. The highest BCUT2D eigenvalue weighted by atomic mass is 32.2. The Morgan fingerprint density at radius 2 is 1.95 bits per heavy atom. The van der Waals surface area contributed by atoms with Gasteiger partial charge in [-0.05, 0) is 25.0 Å². The van der Waals surface area contributed by atoms with Gasteiger partial charge in [-0.3, -0.25) is 0 Å². The molecule has 0 aromatic heterocycles. The molecule has 2 aliphatic rings. The van der Waals surface area contributed by atoms with Gasteiger partial charge in [0, 0.05) is 19.2 Å². The molecule has 0 aliphatic carbocycles. The Morgan fingerprint density at radius 3 is 2.55 bits per heavy atom. The largest absolute Gasteiger partial charge is 0.495 e. The van der Waals surface area contributed by atoms with Crippen molar-refractivity contribution >= 4 is 15.7 Å². The molecule has 2 saturated heterocycles. The lowest BCUT2D eigenvalue weighted by atomic mass is 10.2. The van der Waals surface area contributed by atoms with Gasteiger partial charge in [-0.1, -0.05) is 0 Å². The Balaban J connectivity index is 1.92. The lowest BCUT2D eigenvalue weighted by molar-refractivity contribution is -0.0114. The molecule has 3 rings (SSSR count). The maximum Gasteiger partial charge on any atom is 0.243 e. The molecular weight excluding hydrogens is 280 g/mol. The van der Waals surface area contributed by atoms with Gasteiger partial charge in [0.05, 0.1) is 29.9 Å². The second-order valence-electron chi connectivity index (χ2n) is 5.18. The van der Waals surface area contributed by atoms with Crippen LogP contribution in [0.3, 0.4) is 0 Å². The number of nitrogen functional groups attached to an aromatic ring is 1. The number of sulfonamides is 1. The number of hydrogen-bond acceptors (Lipinski definition) is 5. The molecule has 1 aromatic carbocycles. The Morgan fingerprint density at radius 1 is 1.30 bits per heavy atom. The fourth-order valence-corrected chi connectivity index (χ4v) is 4.29. The van der Waals surface area contributed by atoms with Gasteiger partial charge in [0.15, 0.2) is 0 Å². The van der Waals surface area contributed by atoms with Gasteiger partial charge in [-0.15, -0.1) is 0 Å². The number of anilines is 1. The van der Waals surface area contributed by atoms with Crippen molar-refractivity contribution in [3.8, 4) is 5.75 Å². The van der Waals surface area contributed by atoms with Gasteiger partial charge in [0.1, 0.15) is 5.75 Å². The second-order valence-corrected chi connectivity index (χ2v) is 7.12. The first-order valence-corrected chi connectivity index (χ1v) is 8.04. The summed E-state index contributed by atoms with van der Waals surface area (Å²) in [6.07, 6.45) is 1.92. The number of morpholine rings is 1. The van der Waals surface area contributed by atoms with E-state index in [1.165, 1.54) is 23.5 Å². The van der Waals surface area contributed by atoms with E-state index in [-0.39, 0.29) is 17.1 Å². The maximum atomic E-state index is 12.7. The van der Waals surface area contributed by atoms with Gasteiger partial charge in [0.2, 0.25) is 10.0 Å². The minimum absolute atomic E-state index is 0.0270. The molecule has 110 valence electrons. The summed E-state index contributed by atoms with van der Waals surface area (Å²) >= 11 is 0. The van der Waals surface area contributed by atoms with Crippen molar-refractivity contribution in [2.45, 2.75) is 29.9 Å². The highest BCUT2D eigenvalue weighted by molar-refractivity contribution is 7.89. The van der Waals surface area contributed by atoms with Crippen LogP contribution in [0.4, 0.5) is 5.69 Å². The molecule has 0 radical (unpaired) electrons. The minimum atomic E-state index is -3.52. The molecule has 2 N–H and O–H groups in total. The van der Waals surface area contributed by atoms with Crippen LogP contribution in [0.15, 0.2) is 23.1 Å². The zero-order chi connectivity index (χ0) is 14.3. The average molecular weight is 298 g/mol. The van der Waals surface area contributed by atoms with Crippen molar-refractivity contribution in [3.63, 3.8) is 0 Å². The number of fused-ring (bicyclic) bond motifs is 2. The fourth-order valence-electron chi connectivity index (χ4n) is 2.77. The van der Waals surface area contributed by atoms with Crippen molar-refractivity contribution in [2.75, 3.05) is 25.9 Å². The summed E-state index contributed by atoms with van der Waals surface area (Å²) in [5.41, 5.74) is 6.15. The van der Waals surface area contributed by atoms with Crippen LogP contribution in [-0.4, -0.2) is 45.1 Å². The molecule has 2 atom stereocenters. The van der Waals surface area contributed by atoms with Gasteiger partial charge in [-0.2, -0.15) is 4.31 Å². The van der Waals surface area contributed by atoms with Gasteiger partial charge in [0.25, 0.3) is 0 Å².